The zero-order valence-electron chi connectivity index (χ0n) is 14.7. The third kappa shape index (κ3) is 3.72. The molecule has 0 aliphatic rings. The van der Waals surface area contributed by atoms with Gasteiger partial charge in [-0.3, -0.25) is 4.90 Å². The average molecular weight is 357 g/mol. The summed E-state index contributed by atoms with van der Waals surface area (Å²) in [6.07, 6.45) is 0.443. The summed E-state index contributed by atoms with van der Waals surface area (Å²) >= 11 is 0. The lowest BCUT2D eigenvalue weighted by Crippen LogP contribution is -2.26. The summed E-state index contributed by atoms with van der Waals surface area (Å²) in [7, 11) is 3.78. The van der Waals surface area contributed by atoms with Crippen LogP contribution in [0, 0.1) is 0 Å². The van der Waals surface area contributed by atoms with Gasteiger partial charge >= 0.3 is 5.97 Å². The maximum atomic E-state index is 12.6. The van der Waals surface area contributed by atoms with Gasteiger partial charge in [-0.05, 0) is 53.5 Å². The summed E-state index contributed by atoms with van der Waals surface area (Å²) in [6.45, 7) is 2.30. The predicted octanol–water partition coefficient (Wildman–Crippen LogP) is 0.402. The van der Waals surface area contributed by atoms with Crippen LogP contribution < -0.4 is 4.74 Å². The van der Waals surface area contributed by atoms with Crippen molar-refractivity contribution in [3.8, 4) is 17.4 Å². The van der Waals surface area contributed by atoms with Crippen LogP contribution in [0.4, 0.5) is 0 Å². The number of carbonyl (C=O) groups is 1. The molecule has 0 radical (unpaired) electrons. The number of tetrazole rings is 2. The van der Waals surface area contributed by atoms with E-state index in [1.807, 2.05) is 32.0 Å². The number of hydrogen-bond donors (Lipinski definition) is 0. The van der Waals surface area contributed by atoms with Gasteiger partial charge in [0.1, 0.15) is 5.75 Å². The van der Waals surface area contributed by atoms with Crippen LogP contribution in [0.15, 0.2) is 30.3 Å². The molecular formula is C15H19N9O2. The van der Waals surface area contributed by atoms with Crippen molar-refractivity contribution in [3.05, 3.63) is 30.3 Å². The first-order valence-electron chi connectivity index (χ1n) is 8.06. The van der Waals surface area contributed by atoms with Gasteiger partial charge in [-0.1, -0.05) is 25.1 Å². The van der Waals surface area contributed by atoms with Gasteiger partial charge < -0.3 is 4.74 Å². The van der Waals surface area contributed by atoms with Crippen molar-refractivity contribution in [2.24, 2.45) is 0 Å². The SMILES string of the molecule is CCC(C(=O)Oc1ccccc1)n1nnnc1-c1nnnn1CN(C)C. The average Bonchev–Trinajstić information content (AvgIpc) is 3.25. The van der Waals surface area contributed by atoms with E-state index in [0.29, 0.717) is 30.5 Å². The normalized spacial score (nSPS) is 12.3. The summed E-state index contributed by atoms with van der Waals surface area (Å²) < 4.78 is 8.38. The van der Waals surface area contributed by atoms with Gasteiger partial charge in [0.2, 0.25) is 11.6 Å². The molecule has 2 heterocycles. The van der Waals surface area contributed by atoms with Crippen LogP contribution in [0.3, 0.4) is 0 Å². The topological polar surface area (TPSA) is 117 Å². The lowest BCUT2D eigenvalue weighted by molar-refractivity contribution is -0.138. The third-order valence-electron chi connectivity index (χ3n) is 3.56. The molecular weight excluding hydrogens is 338 g/mol. The minimum atomic E-state index is -0.704. The van der Waals surface area contributed by atoms with E-state index in [0.717, 1.165) is 0 Å². The van der Waals surface area contributed by atoms with Gasteiger partial charge in [-0.2, -0.15) is 0 Å². The van der Waals surface area contributed by atoms with Crippen molar-refractivity contribution >= 4 is 5.97 Å². The Labute approximate surface area is 149 Å². The number of para-hydroxylation sites is 1. The molecule has 3 aromatic rings. The van der Waals surface area contributed by atoms with E-state index in [1.165, 1.54) is 4.68 Å². The fourth-order valence-electron chi connectivity index (χ4n) is 2.39. The highest BCUT2D eigenvalue weighted by Crippen LogP contribution is 2.21. The second-order valence-corrected chi connectivity index (χ2v) is 5.83. The van der Waals surface area contributed by atoms with E-state index >= 15 is 0 Å². The van der Waals surface area contributed by atoms with Crippen molar-refractivity contribution in [1.29, 1.82) is 0 Å². The van der Waals surface area contributed by atoms with Crippen LogP contribution in [0.2, 0.25) is 0 Å². The molecule has 0 bridgehead atoms. The summed E-state index contributed by atoms with van der Waals surface area (Å²) in [5, 5.41) is 23.3. The highest BCUT2D eigenvalue weighted by molar-refractivity contribution is 5.77. The molecule has 0 spiro atoms. The van der Waals surface area contributed by atoms with Gasteiger partial charge in [-0.25, -0.2) is 14.2 Å². The zero-order valence-corrected chi connectivity index (χ0v) is 14.7. The van der Waals surface area contributed by atoms with E-state index in [4.69, 9.17) is 4.74 Å². The van der Waals surface area contributed by atoms with E-state index < -0.39 is 12.0 Å². The predicted molar refractivity (Wildman–Crippen MR) is 89.7 cm³/mol. The first-order valence-corrected chi connectivity index (χ1v) is 8.06. The van der Waals surface area contributed by atoms with Gasteiger partial charge in [0, 0.05) is 0 Å². The van der Waals surface area contributed by atoms with Gasteiger partial charge in [0.15, 0.2) is 6.04 Å². The third-order valence-corrected chi connectivity index (χ3v) is 3.56. The molecule has 11 heteroatoms. The molecule has 1 aromatic carbocycles. The quantitative estimate of drug-likeness (QED) is 0.437. The second kappa shape index (κ2) is 7.78. The van der Waals surface area contributed by atoms with Crippen molar-refractivity contribution in [2.75, 3.05) is 14.1 Å². The van der Waals surface area contributed by atoms with Crippen molar-refractivity contribution < 1.29 is 9.53 Å². The minimum Gasteiger partial charge on any atom is -0.425 e. The number of aromatic nitrogens is 8. The van der Waals surface area contributed by atoms with E-state index in [2.05, 4.69) is 31.1 Å². The number of esters is 1. The summed E-state index contributed by atoms with van der Waals surface area (Å²) in [5.74, 6) is 0.672. The molecule has 136 valence electrons. The number of benzene rings is 1. The Balaban J connectivity index is 1.88. The number of nitrogens with zero attached hydrogens (tertiary/aromatic N) is 9. The Morgan fingerprint density at radius 2 is 1.81 bits per heavy atom. The highest BCUT2D eigenvalue weighted by Gasteiger charge is 2.28. The lowest BCUT2D eigenvalue weighted by Gasteiger charge is -2.15. The molecule has 3 rings (SSSR count). The monoisotopic (exact) mass is 357 g/mol. The van der Waals surface area contributed by atoms with Gasteiger partial charge in [0.25, 0.3) is 0 Å². The molecule has 0 aliphatic heterocycles. The van der Waals surface area contributed by atoms with Gasteiger partial charge in [-0.15, -0.1) is 10.2 Å². The van der Waals surface area contributed by atoms with Crippen LogP contribution in [-0.4, -0.2) is 65.4 Å². The Morgan fingerprint density at radius 3 is 2.50 bits per heavy atom. The van der Waals surface area contributed by atoms with Crippen molar-refractivity contribution in [1.82, 2.24) is 45.3 Å². The maximum Gasteiger partial charge on any atom is 0.336 e. The molecule has 0 saturated carbocycles. The van der Waals surface area contributed by atoms with E-state index in [-0.39, 0.29) is 0 Å². The number of hydrogen-bond acceptors (Lipinski definition) is 9. The first-order chi connectivity index (χ1) is 12.6. The number of rotatable bonds is 7. The summed E-state index contributed by atoms with van der Waals surface area (Å²) in [4.78, 5) is 14.5. The fourth-order valence-corrected chi connectivity index (χ4v) is 2.39. The summed E-state index contributed by atoms with van der Waals surface area (Å²) in [6, 6.07) is 8.15. The molecule has 0 aliphatic carbocycles. The minimum absolute atomic E-state index is 0.300. The molecule has 1 unspecified atom stereocenters. The molecule has 1 atom stereocenters. The Kier molecular flexibility index (Phi) is 5.27. The van der Waals surface area contributed by atoms with Crippen molar-refractivity contribution in [2.45, 2.75) is 26.1 Å². The van der Waals surface area contributed by atoms with Crippen LogP contribution in [-0.2, 0) is 11.5 Å². The Hall–Kier alpha value is -3.21. The second-order valence-electron chi connectivity index (χ2n) is 5.83. The van der Waals surface area contributed by atoms with E-state index in [9.17, 15) is 4.79 Å². The van der Waals surface area contributed by atoms with Crippen LogP contribution in [0.5, 0.6) is 5.75 Å². The smallest absolute Gasteiger partial charge is 0.336 e. The number of ether oxygens (including phenoxy) is 1. The largest absolute Gasteiger partial charge is 0.425 e. The van der Waals surface area contributed by atoms with Gasteiger partial charge in [0.05, 0.1) is 6.67 Å². The molecule has 2 aromatic heterocycles. The highest BCUT2D eigenvalue weighted by atomic mass is 16.5. The molecule has 0 fully saturated rings. The molecule has 0 saturated heterocycles. The lowest BCUT2D eigenvalue weighted by atomic mass is 10.2. The van der Waals surface area contributed by atoms with Crippen LogP contribution in [0.25, 0.3) is 11.6 Å². The van der Waals surface area contributed by atoms with Crippen LogP contribution >= 0.6 is 0 Å². The van der Waals surface area contributed by atoms with E-state index in [1.54, 1.807) is 28.9 Å². The molecule has 0 N–H and O–H groups in total. The first kappa shape index (κ1) is 17.6. The maximum absolute atomic E-state index is 12.6. The summed E-state index contributed by atoms with van der Waals surface area (Å²) in [5.41, 5.74) is 0. The molecule has 11 nitrogen and oxygen atoms in total. The Morgan fingerprint density at radius 1 is 1.12 bits per heavy atom. The number of carbonyl (C=O) groups excluding carboxylic acids is 1. The zero-order chi connectivity index (χ0) is 18.5. The Bertz CT molecular complexity index is 859. The van der Waals surface area contributed by atoms with Crippen molar-refractivity contribution in [3.63, 3.8) is 0 Å². The molecule has 0 amide bonds. The standard InChI is InChI=1S/C15H19N9O2/c1-4-12(15(25)26-11-8-6-5-7-9-11)24-14(17-19-21-24)13-16-18-20-23(13)10-22(2)3/h5-9,12H,4,10H2,1-3H3. The van der Waals surface area contributed by atoms with Crippen LogP contribution in [0.1, 0.15) is 19.4 Å². The fraction of sp³-hybridized carbons (Fsp3) is 0.400. The molecule has 26 heavy (non-hydrogen) atoms.